The van der Waals surface area contributed by atoms with Crippen molar-refractivity contribution >= 4 is 17.9 Å². The van der Waals surface area contributed by atoms with Gasteiger partial charge in [0.15, 0.2) is 5.82 Å². The van der Waals surface area contributed by atoms with Crippen molar-refractivity contribution in [2.75, 3.05) is 25.5 Å². The zero-order chi connectivity index (χ0) is 21.9. The second kappa shape index (κ2) is 8.68. The summed E-state index contributed by atoms with van der Waals surface area (Å²) in [6.45, 7) is 2.65. The van der Waals surface area contributed by atoms with Crippen molar-refractivity contribution in [2.45, 2.75) is 19.5 Å². The lowest BCUT2D eigenvalue weighted by Crippen LogP contribution is -2.42. The highest BCUT2D eigenvalue weighted by Gasteiger charge is 2.34. The van der Waals surface area contributed by atoms with Crippen LogP contribution in [0.3, 0.4) is 0 Å². The molecule has 1 fully saturated rings. The average molecular weight is 424 g/mol. The molecule has 0 bridgehead atoms. The van der Waals surface area contributed by atoms with Gasteiger partial charge in [-0.1, -0.05) is 24.6 Å². The molecule has 2 aromatic rings. The molecule has 160 valence electrons. The van der Waals surface area contributed by atoms with E-state index < -0.39 is 17.6 Å². The topological polar surface area (TPSA) is 67.3 Å². The SMILES string of the molecule is COc1cnc(NC(=O)N2CC/C(=C\c3ccc(F)c(C(F)(F)F)c3)C(C)C2)cn1. The number of nitrogens with zero attached hydrogens (tertiary/aromatic N) is 3. The summed E-state index contributed by atoms with van der Waals surface area (Å²) >= 11 is 0. The number of nitrogens with one attached hydrogen (secondary N) is 1. The quantitative estimate of drug-likeness (QED) is 0.732. The third-order valence-corrected chi connectivity index (χ3v) is 4.81. The van der Waals surface area contributed by atoms with Gasteiger partial charge in [-0.2, -0.15) is 13.2 Å². The number of urea groups is 1. The number of amides is 2. The molecule has 0 saturated carbocycles. The zero-order valence-corrected chi connectivity index (χ0v) is 16.3. The van der Waals surface area contributed by atoms with Crippen LogP contribution in [0.15, 0.2) is 36.2 Å². The van der Waals surface area contributed by atoms with Crippen LogP contribution in [0.5, 0.6) is 5.88 Å². The summed E-state index contributed by atoms with van der Waals surface area (Å²) in [5.74, 6) is -0.777. The number of hydrogen-bond acceptors (Lipinski definition) is 4. The molecule has 1 unspecified atom stereocenters. The van der Waals surface area contributed by atoms with Gasteiger partial charge in [0, 0.05) is 13.1 Å². The van der Waals surface area contributed by atoms with Gasteiger partial charge in [-0.05, 0) is 30.0 Å². The van der Waals surface area contributed by atoms with Gasteiger partial charge in [-0.25, -0.2) is 19.2 Å². The van der Waals surface area contributed by atoms with E-state index in [1.54, 1.807) is 11.0 Å². The fraction of sp³-hybridized carbons (Fsp3) is 0.350. The maximum absolute atomic E-state index is 13.5. The van der Waals surface area contributed by atoms with Crippen molar-refractivity contribution in [3.8, 4) is 5.88 Å². The Hall–Kier alpha value is -3.17. The Bertz CT molecular complexity index is 945. The van der Waals surface area contributed by atoms with Gasteiger partial charge >= 0.3 is 12.2 Å². The number of alkyl halides is 3. The smallest absolute Gasteiger partial charge is 0.419 e. The van der Waals surface area contributed by atoms with Crippen LogP contribution in [0.4, 0.5) is 28.2 Å². The molecule has 30 heavy (non-hydrogen) atoms. The van der Waals surface area contributed by atoms with Crippen molar-refractivity contribution in [1.29, 1.82) is 0 Å². The molecule has 1 N–H and O–H groups in total. The number of aromatic nitrogens is 2. The van der Waals surface area contributed by atoms with Gasteiger partial charge in [0.2, 0.25) is 5.88 Å². The molecule has 6 nitrogen and oxygen atoms in total. The molecule has 1 aliphatic rings. The molecular formula is C20H20F4N4O2. The molecule has 3 rings (SSSR count). The predicted molar refractivity (Wildman–Crippen MR) is 102 cm³/mol. The van der Waals surface area contributed by atoms with Crippen molar-refractivity contribution in [3.63, 3.8) is 0 Å². The Morgan fingerprint density at radius 1 is 1.30 bits per heavy atom. The first-order valence-electron chi connectivity index (χ1n) is 9.16. The minimum Gasteiger partial charge on any atom is -0.480 e. The van der Waals surface area contributed by atoms with Crippen LogP contribution in [0.2, 0.25) is 0 Å². The standard InChI is InChI=1S/C20H20F4N4O2/c1-12-11-28(19(29)27-17-9-26-18(30-2)10-25-17)6-5-14(12)7-13-3-4-16(21)15(8-13)20(22,23)24/h3-4,7-10,12H,5-6,11H2,1-2H3,(H,25,27,29)/b14-7+. The first-order chi connectivity index (χ1) is 14.2. The van der Waals surface area contributed by atoms with Gasteiger partial charge in [0.25, 0.3) is 0 Å². The lowest BCUT2D eigenvalue weighted by molar-refractivity contribution is -0.140. The second-order valence-electron chi connectivity index (χ2n) is 6.93. The van der Waals surface area contributed by atoms with Crippen LogP contribution in [-0.4, -0.2) is 41.1 Å². The zero-order valence-electron chi connectivity index (χ0n) is 16.3. The number of benzene rings is 1. The molecular weight excluding hydrogens is 404 g/mol. The van der Waals surface area contributed by atoms with Crippen molar-refractivity contribution < 1.29 is 27.1 Å². The highest BCUT2D eigenvalue weighted by Crippen LogP contribution is 2.33. The molecule has 0 radical (unpaired) electrons. The first-order valence-corrected chi connectivity index (χ1v) is 9.16. The molecule has 1 atom stereocenters. The summed E-state index contributed by atoms with van der Waals surface area (Å²) in [7, 11) is 1.46. The summed E-state index contributed by atoms with van der Waals surface area (Å²) in [6, 6.07) is 2.59. The number of piperidine rings is 1. The van der Waals surface area contributed by atoms with Crippen LogP contribution in [0.25, 0.3) is 6.08 Å². The number of anilines is 1. The predicted octanol–water partition coefficient (Wildman–Crippen LogP) is 4.60. The van der Waals surface area contributed by atoms with Crippen molar-refractivity contribution in [2.24, 2.45) is 5.92 Å². The number of ether oxygens (including phenoxy) is 1. The number of methoxy groups -OCH3 is 1. The first kappa shape index (κ1) is 21.5. The third-order valence-electron chi connectivity index (χ3n) is 4.81. The molecule has 0 aliphatic carbocycles. The fourth-order valence-corrected chi connectivity index (χ4v) is 3.19. The van der Waals surface area contributed by atoms with E-state index in [1.165, 1.54) is 25.6 Å². The number of rotatable bonds is 3. The highest BCUT2D eigenvalue weighted by atomic mass is 19.4. The van der Waals surface area contributed by atoms with Gasteiger partial charge < -0.3 is 9.64 Å². The van der Waals surface area contributed by atoms with E-state index in [9.17, 15) is 22.4 Å². The van der Waals surface area contributed by atoms with E-state index >= 15 is 0 Å². The summed E-state index contributed by atoms with van der Waals surface area (Å²) in [4.78, 5) is 22.0. The van der Waals surface area contributed by atoms with Crippen LogP contribution < -0.4 is 10.1 Å². The van der Waals surface area contributed by atoms with E-state index in [0.29, 0.717) is 25.4 Å². The summed E-state index contributed by atoms with van der Waals surface area (Å²) in [5, 5.41) is 2.65. The van der Waals surface area contributed by atoms with E-state index in [1.807, 2.05) is 6.92 Å². The summed E-state index contributed by atoms with van der Waals surface area (Å²) in [5.41, 5.74) is -0.123. The largest absolute Gasteiger partial charge is 0.480 e. The fourth-order valence-electron chi connectivity index (χ4n) is 3.19. The molecule has 1 saturated heterocycles. The summed E-state index contributed by atoms with van der Waals surface area (Å²) in [6.07, 6.45) is 0.122. The van der Waals surface area contributed by atoms with Gasteiger partial charge in [-0.3, -0.25) is 5.32 Å². The van der Waals surface area contributed by atoms with Gasteiger partial charge in [0.1, 0.15) is 5.82 Å². The number of carbonyl (C=O) groups excluding carboxylic acids is 1. The Morgan fingerprint density at radius 3 is 2.67 bits per heavy atom. The van der Waals surface area contributed by atoms with Crippen LogP contribution >= 0.6 is 0 Å². The van der Waals surface area contributed by atoms with Crippen LogP contribution in [-0.2, 0) is 6.18 Å². The Kier molecular flexibility index (Phi) is 6.23. The second-order valence-corrected chi connectivity index (χ2v) is 6.93. The number of halogens is 4. The van der Waals surface area contributed by atoms with Crippen molar-refractivity contribution in [1.82, 2.24) is 14.9 Å². The number of likely N-dealkylation sites (tertiary alicyclic amines) is 1. The Balaban J connectivity index is 1.66. The van der Waals surface area contributed by atoms with E-state index in [4.69, 9.17) is 4.74 Å². The normalized spacial score (nSPS) is 18.4. The van der Waals surface area contributed by atoms with E-state index in [2.05, 4.69) is 15.3 Å². The minimum absolute atomic E-state index is 0.0779. The summed E-state index contributed by atoms with van der Waals surface area (Å²) < 4.78 is 57.1. The monoisotopic (exact) mass is 424 g/mol. The van der Waals surface area contributed by atoms with Crippen molar-refractivity contribution in [3.05, 3.63) is 53.1 Å². The molecule has 1 aromatic heterocycles. The van der Waals surface area contributed by atoms with E-state index in [-0.39, 0.29) is 23.3 Å². The average Bonchev–Trinajstić information content (AvgIpc) is 2.70. The molecule has 0 spiro atoms. The molecule has 10 heteroatoms. The molecule has 1 aromatic carbocycles. The molecule has 2 heterocycles. The maximum Gasteiger partial charge on any atom is 0.419 e. The maximum atomic E-state index is 13.5. The Labute approximate surface area is 170 Å². The van der Waals surface area contributed by atoms with Crippen LogP contribution in [0, 0.1) is 11.7 Å². The van der Waals surface area contributed by atoms with Gasteiger partial charge in [-0.15, -0.1) is 0 Å². The lowest BCUT2D eigenvalue weighted by Gasteiger charge is -2.33. The molecule has 2 amide bonds. The number of hydrogen-bond donors (Lipinski definition) is 1. The number of carbonyl (C=O) groups is 1. The van der Waals surface area contributed by atoms with E-state index in [0.717, 1.165) is 17.7 Å². The highest BCUT2D eigenvalue weighted by molar-refractivity contribution is 5.88. The lowest BCUT2D eigenvalue weighted by atomic mass is 9.91. The Morgan fingerprint density at radius 2 is 2.07 bits per heavy atom. The molecule has 1 aliphatic heterocycles. The van der Waals surface area contributed by atoms with Crippen LogP contribution in [0.1, 0.15) is 24.5 Å². The van der Waals surface area contributed by atoms with Gasteiger partial charge in [0.05, 0.1) is 25.1 Å². The third kappa shape index (κ3) is 5.05. The minimum atomic E-state index is -4.75.